The summed E-state index contributed by atoms with van der Waals surface area (Å²) in [5.41, 5.74) is 1.51. The number of hydrogen-bond acceptors (Lipinski definition) is 2. The van der Waals surface area contributed by atoms with Crippen LogP contribution in [-0.4, -0.2) is 16.6 Å². The van der Waals surface area contributed by atoms with Crippen LogP contribution in [0.5, 0.6) is 0 Å². The normalized spacial score (nSPS) is 10.9. The molecule has 0 unspecified atom stereocenters. The molecule has 96 valence electrons. The third kappa shape index (κ3) is 2.54. The second kappa shape index (κ2) is 5.50. The molecular weight excluding hydrogens is 253 g/mol. The largest absolute Gasteiger partial charge is 0.326 e. The molecule has 0 fully saturated rings. The summed E-state index contributed by atoms with van der Waals surface area (Å²) >= 11 is 6.04. The summed E-state index contributed by atoms with van der Waals surface area (Å²) in [6, 6.07) is 4.73. The number of aromatic nitrogens is 2. The zero-order valence-electron chi connectivity index (χ0n) is 10.4. The summed E-state index contributed by atoms with van der Waals surface area (Å²) in [6.45, 7) is 2.98. The summed E-state index contributed by atoms with van der Waals surface area (Å²) in [4.78, 5) is 4.25. The van der Waals surface area contributed by atoms with Crippen LogP contribution >= 0.6 is 11.6 Å². The Kier molecular flexibility index (Phi) is 3.99. The van der Waals surface area contributed by atoms with E-state index in [1.807, 2.05) is 18.5 Å². The minimum atomic E-state index is -0.286. The summed E-state index contributed by atoms with van der Waals surface area (Å²) in [5.74, 6) is 0.561. The fourth-order valence-corrected chi connectivity index (χ4v) is 2.12. The van der Waals surface area contributed by atoms with Crippen LogP contribution in [0.4, 0.5) is 4.39 Å². The number of rotatable bonds is 4. The molecule has 0 aliphatic rings. The lowest BCUT2D eigenvalue weighted by molar-refractivity contribution is 0.589. The zero-order chi connectivity index (χ0) is 13.1. The molecule has 0 aliphatic heterocycles. The Hall–Kier alpha value is -1.39. The average Bonchev–Trinajstić information content (AvgIpc) is 2.66. The fraction of sp³-hybridized carbons (Fsp3) is 0.308. The van der Waals surface area contributed by atoms with Crippen molar-refractivity contribution in [2.75, 3.05) is 7.05 Å². The number of nitrogens with zero attached hydrogens (tertiary/aromatic N) is 2. The van der Waals surface area contributed by atoms with Gasteiger partial charge in [-0.05, 0) is 26.1 Å². The van der Waals surface area contributed by atoms with Crippen molar-refractivity contribution in [1.29, 1.82) is 0 Å². The molecule has 0 saturated heterocycles. The van der Waals surface area contributed by atoms with Crippen molar-refractivity contribution in [3.8, 4) is 0 Å². The number of halogens is 2. The van der Waals surface area contributed by atoms with Gasteiger partial charge in [0.05, 0.1) is 12.2 Å². The highest BCUT2D eigenvalue weighted by Gasteiger charge is 2.12. The molecule has 3 nitrogen and oxygen atoms in total. The van der Waals surface area contributed by atoms with Gasteiger partial charge in [-0.15, -0.1) is 0 Å². The third-order valence-corrected chi connectivity index (χ3v) is 3.23. The lowest BCUT2D eigenvalue weighted by atomic mass is 10.2. The topological polar surface area (TPSA) is 29.9 Å². The van der Waals surface area contributed by atoms with Crippen molar-refractivity contribution in [2.24, 2.45) is 0 Å². The van der Waals surface area contributed by atoms with Crippen LogP contribution in [0.2, 0.25) is 5.02 Å². The summed E-state index contributed by atoms with van der Waals surface area (Å²) < 4.78 is 15.7. The fourth-order valence-electron chi connectivity index (χ4n) is 1.89. The van der Waals surface area contributed by atoms with Gasteiger partial charge in [-0.25, -0.2) is 9.37 Å². The summed E-state index contributed by atoms with van der Waals surface area (Å²) in [7, 11) is 1.86. The monoisotopic (exact) mass is 267 g/mol. The van der Waals surface area contributed by atoms with Gasteiger partial charge in [-0.3, -0.25) is 0 Å². The van der Waals surface area contributed by atoms with Crippen molar-refractivity contribution in [1.82, 2.24) is 14.9 Å². The van der Waals surface area contributed by atoms with Crippen molar-refractivity contribution < 1.29 is 4.39 Å². The highest BCUT2D eigenvalue weighted by Crippen LogP contribution is 2.21. The molecule has 1 heterocycles. The molecule has 2 rings (SSSR count). The first-order valence-electron chi connectivity index (χ1n) is 5.72. The van der Waals surface area contributed by atoms with Crippen LogP contribution in [-0.2, 0) is 13.1 Å². The number of benzene rings is 1. The van der Waals surface area contributed by atoms with Gasteiger partial charge in [0, 0.05) is 23.3 Å². The molecule has 0 spiro atoms. The third-order valence-electron chi connectivity index (χ3n) is 2.87. The lowest BCUT2D eigenvalue weighted by Gasteiger charge is -2.12. The van der Waals surface area contributed by atoms with Gasteiger partial charge in [0.1, 0.15) is 11.6 Å². The first kappa shape index (κ1) is 13.1. The maximum atomic E-state index is 13.8. The van der Waals surface area contributed by atoms with Gasteiger partial charge in [0.25, 0.3) is 0 Å². The van der Waals surface area contributed by atoms with Gasteiger partial charge < -0.3 is 9.88 Å². The standard InChI is InChI=1S/C13H15ClFN3/c1-9-17-7-10(6-16-2)18(9)8-11-12(14)4-3-5-13(11)15/h3-5,7,16H,6,8H2,1-2H3. The Morgan fingerprint density at radius 3 is 2.89 bits per heavy atom. The zero-order valence-corrected chi connectivity index (χ0v) is 11.1. The summed E-state index contributed by atoms with van der Waals surface area (Å²) in [6.07, 6.45) is 1.79. The van der Waals surface area contributed by atoms with Crippen LogP contribution in [0.15, 0.2) is 24.4 Å². The van der Waals surface area contributed by atoms with Gasteiger partial charge in [0.2, 0.25) is 0 Å². The average molecular weight is 268 g/mol. The van der Waals surface area contributed by atoms with E-state index >= 15 is 0 Å². The van der Waals surface area contributed by atoms with E-state index in [0.29, 0.717) is 23.7 Å². The molecule has 0 amide bonds. The van der Waals surface area contributed by atoms with E-state index in [2.05, 4.69) is 10.3 Å². The lowest BCUT2D eigenvalue weighted by Crippen LogP contribution is -2.13. The number of hydrogen-bond donors (Lipinski definition) is 1. The van der Waals surface area contributed by atoms with Crippen LogP contribution in [0, 0.1) is 12.7 Å². The Labute approximate surface area is 111 Å². The smallest absolute Gasteiger partial charge is 0.129 e. The molecule has 1 aromatic heterocycles. The van der Waals surface area contributed by atoms with E-state index in [1.165, 1.54) is 6.07 Å². The van der Waals surface area contributed by atoms with Gasteiger partial charge in [-0.1, -0.05) is 17.7 Å². The number of nitrogens with one attached hydrogen (secondary N) is 1. The quantitative estimate of drug-likeness (QED) is 0.923. The summed E-state index contributed by atoms with van der Waals surface area (Å²) in [5, 5.41) is 3.51. The van der Waals surface area contributed by atoms with E-state index in [-0.39, 0.29) is 5.82 Å². The second-order valence-electron chi connectivity index (χ2n) is 4.11. The molecule has 5 heteroatoms. The Morgan fingerprint density at radius 1 is 1.44 bits per heavy atom. The Balaban J connectivity index is 2.36. The molecule has 0 bridgehead atoms. The molecule has 0 saturated carbocycles. The van der Waals surface area contributed by atoms with Crippen molar-refractivity contribution >= 4 is 11.6 Å². The highest BCUT2D eigenvalue weighted by atomic mass is 35.5. The minimum absolute atomic E-state index is 0.286. The van der Waals surface area contributed by atoms with Crippen LogP contribution in [0.3, 0.4) is 0 Å². The highest BCUT2D eigenvalue weighted by molar-refractivity contribution is 6.31. The predicted molar refractivity (Wildman–Crippen MR) is 70.2 cm³/mol. The maximum absolute atomic E-state index is 13.8. The van der Waals surface area contributed by atoms with Crippen molar-refractivity contribution in [3.63, 3.8) is 0 Å². The van der Waals surface area contributed by atoms with E-state index < -0.39 is 0 Å². The van der Waals surface area contributed by atoms with E-state index in [1.54, 1.807) is 18.3 Å². The van der Waals surface area contributed by atoms with Crippen LogP contribution < -0.4 is 5.32 Å². The molecule has 0 radical (unpaired) electrons. The first-order valence-corrected chi connectivity index (χ1v) is 6.09. The molecular formula is C13H15ClFN3. The van der Waals surface area contributed by atoms with Gasteiger partial charge in [-0.2, -0.15) is 0 Å². The van der Waals surface area contributed by atoms with E-state index in [4.69, 9.17) is 11.6 Å². The molecule has 2 aromatic rings. The maximum Gasteiger partial charge on any atom is 0.129 e. The molecule has 18 heavy (non-hydrogen) atoms. The molecule has 1 aromatic carbocycles. The second-order valence-corrected chi connectivity index (χ2v) is 4.52. The van der Waals surface area contributed by atoms with E-state index in [0.717, 1.165) is 11.5 Å². The first-order chi connectivity index (χ1) is 8.63. The SMILES string of the molecule is CNCc1cnc(C)n1Cc1c(F)cccc1Cl. The molecule has 0 aliphatic carbocycles. The predicted octanol–water partition coefficient (Wildman–Crippen LogP) is 2.75. The van der Waals surface area contributed by atoms with Gasteiger partial charge in [0.15, 0.2) is 0 Å². The minimum Gasteiger partial charge on any atom is -0.326 e. The molecule has 0 atom stereocenters. The Morgan fingerprint density at radius 2 is 2.22 bits per heavy atom. The van der Waals surface area contributed by atoms with Crippen molar-refractivity contribution in [3.05, 3.63) is 52.3 Å². The number of imidazole rings is 1. The molecule has 1 N–H and O–H groups in total. The van der Waals surface area contributed by atoms with Crippen LogP contribution in [0.1, 0.15) is 17.1 Å². The van der Waals surface area contributed by atoms with Gasteiger partial charge >= 0.3 is 0 Å². The Bertz CT molecular complexity index is 531. The van der Waals surface area contributed by atoms with Crippen LogP contribution in [0.25, 0.3) is 0 Å². The van der Waals surface area contributed by atoms with E-state index in [9.17, 15) is 4.39 Å². The van der Waals surface area contributed by atoms with Crippen molar-refractivity contribution in [2.45, 2.75) is 20.0 Å². The number of aryl methyl sites for hydroxylation is 1.